The van der Waals surface area contributed by atoms with Crippen LogP contribution >= 0.6 is 34.8 Å². The van der Waals surface area contributed by atoms with Crippen molar-refractivity contribution in [2.75, 3.05) is 7.15 Å². The minimum atomic E-state index is -1.00. The van der Waals surface area contributed by atoms with Crippen LogP contribution in [0.5, 0.6) is 0 Å². The van der Waals surface area contributed by atoms with Crippen LogP contribution in [0, 0.1) is 0 Å². The van der Waals surface area contributed by atoms with E-state index in [1.807, 2.05) is 12.1 Å². The van der Waals surface area contributed by atoms with Crippen molar-refractivity contribution in [2.24, 2.45) is 10.3 Å². The van der Waals surface area contributed by atoms with E-state index in [4.69, 9.17) is 46.6 Å². The van der Waals surface area contributed by atoms with Crippen LogP contribution in [0.25, 0.3) is 0 Å². The predicted octanol–water partition coefficient (Wildman–Crippen LogP) is 6.08. The van der Waals surface area contributed by atoms with E-state index in [9.17, 15) is 4.39 Å². The third kappa shape index (κ3) is 8.72. The van der Waals surface area contributed by atoms with Crippen LogP contribution in [0.2, 0.25) is 10.0 Å². The first-order valence-electron chi connectivity index (χ1n) is 6.62. The molecule has 132 valence electrons. The number of alkyl halides is 1. The molecule has 0 unspecified atom stereocenters. The molecule has 0 spiro atoms. The monoisotopic (exact) mass is 395 g/mol. The number of benzene rings is 2. The van der Waals surface area contributed by atoms with E-state index in [0.717, 1.165) is 0 Å². The van der Waals surface area contributed by atoms with Crippen molar-refractivity contribution in [2.45, 2.75) is 7.43 Å². The van der Waals surface area contributed by atoms with Gasteiger partial charge in [-0.2, -0.15) is 0 Å². The molecule has 0 heterocycles. The fourth-order valence-corrected chi connectivity index (χ4v) is 1.95. The Morgan fingerprint density at radius 1 is 1.08 bits per heavy atom. The summed E-state index contributed by atoms with van der Waals surface area (Å²) < 4.78 is 15.5. The minimum absolute atomic E-state index is 0. The quantitative estimate of drug-likeness (QED) is 0.367. The molecule has 8 heteroatoms. The molecular formula is C16H18Cl3FN2O2. The lowest BCUT2D eigenvalue weighted by molar-refractivity contribution is 0.321. The average Bonchev–Trinajstić information content (AvgIpc) is 2.58. The molecule has 0 aliphatic carbocycles. The summed E-state index contributed by atoms with van der Waals surface area (Å²) in [5.41, 5.74) is 1.24. The summed E-state index contributed by atoms with van der Waals surface area (Å²) in [7, 11) is -1.00. The normalized spacial score (nSPS) is 10.5. The summed E-state index contributed by atoms with van der Waals surface area (Å²) in [6, 6.07) is 14.0. The van der Waals surface area contributed by atoms with Gasteiger partial charge in [0.1, 0.15) is 0 Å². The van der Waals surface area contributed by atoms with E-state index in [1.54, 1.807) is 36.4 Å². The van der Waals surface area contributed by atoms with Crippen molar-refractivity contribution in [1.82, 2.24) is 0 Å². The summed E-state index contributed by atoms with van der Waals surface area (Å²) in [5.74, 6) is 0. The molecule has 4 nitrogen and oxygen atoms in total. The summed E-state index contributed by atoms with van der Waals surface area (Å²) in [6.45, 7) is 0. The second-order valence-corrected chi connectivity index (χ2v) is 4.81. The zero-order valence-corrected chi connectivity index (χ0v) is 14.0. The number of rotatable bonds is 2. The van der Waals surface area contributed by atoms with Gasteiger partial charge in [0.25, 0.3) is 0 Å². The third-order valence-corrected chi connectivity index (χ3v) is 3.24. The first-order chi connectivity index (χ1) is 11.5. The Morgan fingerprint density at radius 3 is 2.04 bits per heavy atom. The number of oxime groups is 2. The summed E-state index contributed by atoms with van der Waals surface area (Å²) >= 11 is 16.9. The molecule has 0 aliphatic rings. The van der Waals surface area contributed by atoms with Gasteiger partial charge in [-0.25, -0.2) is 0 Å². The highest BCUT2D eigenvalue weighted by Crippen LogP contribution is 2.17. The smallest absolute Gasteiger partial charge is 0.176 e. The summed E-state index contributed by atoms with van der Waals surface area (Å²) in [4.78, 5) is 0. The molecule has 2 aromatic rings. The molecule has 2 aromatic carbocycles. The van der Waals surface area contributed by atoms with Gasteiger partial charge in [0, 0.05) is 16.1 Å². The van der Waals surface area contributed by atoms with E-state index < -0.39 is 7.15 Å². The molecule has 0 radical (unpaired) electrons. The Labute approximate surface area is 157 Å². The zero-order chi connectivity index (χ0) is 18.4. The molecule has 0 atom stereocenters. The van der Waals surface area contributed by atoms with Crippen molar-refractivity contribution < 1.29 is 16.2 Å². The number of hydrogen-bond donors (Lipinski definition) is 2. The second-order valence-electron chi connectivity index (χ2n) is 3.64. The molecule has 2 rings (SSSR count). The maximum absolute atomic E-state index is 9.96. The predicted molar refractivity (Wildman–Crippen MR) is 100 cm³/mol. The Balaban J connectivity index is 0. The minimum Gasteiger partial charge on any atom is -0.411 e. The second kappa shape index (κ2) is 14.8. The van der Waals surface area contributed by atoms with Gasteiger partial charge in [-0.3, -0.25) is 4.39 Å². The maximum atomic E-state index is 9.96. The molecule has 0 fully saturated rings. The fraction of sp³-hybridized carbons (Fsp3) is 0.125. The van der Waals surface area contributed by atoms with E-state index in [0.29, 0.717) is 21.2 Å². The maximum Gasteiger partial charge on any atom is 0.176 e. The van der Waals surface area contributed by atoms with Gasteiger partial charge in [-0.15, -0.1) is 0 Å². The van der Waals surface area contributed by atoms with Crippen LogP contribution in [-0.4, -0.2) is 29.0 Å². The van der Waals surface area contributed by atoms with Crippen LogP contribution < -0.4 is 0 Å². The molecule has 0 saturated carbocycles. The van der Waals surface area contributed by atoms with E-state index in [-0.39, 0.29) is 12.6 Å². The van der Waals surface area contributed by atoms with Gasteiger partial charge in [-0.05, 0) is 12.1 Å². The zero-order valence-electron chi connectivity index (χ0n) is 12.7. The first kappa shape index (κ1) is 22.2. The van der Waals surface area contributed by atoms with Gasteiger partial charge in [0.05, 0.1) is 19.8 Å². The lowest BCUT2D eigenvalue weighted by Gasteiger charge is -1.97. The highest BCUT2D eigenvalue weighted by molar-refractivity contribution is 6.70. The van der Waals surface area contributed by atoms with Crippen LogP contribution in [0.1, 0.15) is 19.9 Å². The Morgan fingerprint density at radius 2 is 1.58 bits per heavy atom. The number of nitrogens with zero attached hydrogens (tertiary/aromatic N) is 2. The number of halogens is 4. The summed E-state index contributed by atoms with van der Waals surface area (Å²) in [6.07, 6.45) is 1.29. The molecule has 0 aliphatic heterocycles. The van der Waals surface area contributed by atoms with Gasteiger partial charge in [0.15, 0.2) is 5.17 Å². The van der Waals surface area contributed by atoms with Crippen molar-refractivity contribution in [3.8, 4) is 0 Å². The first-order valence-corrected chi connectivity index (χ1v) is 7.04. The number of hydrogen-bond acceptors (Lipinski definition) is 4. The van der Waals surface area contributed by atoms with Crippen LogP contribution in [-0.2, 0) is 0 Å². The van der Waals surface area contributed by atoms with Gasteiger partial charge >= 0.3 is 0 Å². The highest BCUT2D eigenvalue weighted by Gasteiger charge is 2.03. The van der Waals surface area contributed by atoms with Gasteiger partial charge < -0.3 is 10.4 Å². The lowest BCUT2D eigenvalue weighted by atomic mass is 10.2. The fourth-order valence-electron chi connectivity index (χ4n) is 1.32. The summed E-state index contributed by atoms with van der Waals surface area (Å²) in [5, 5.41) is 23.2. The van der Waals surface area contributed by atoms with Crippen molar-refractivity contribution in [3.63, 3.8) is 0 Å². The molecule has 2 N–H and O–H groups in total. The molecule has 0 saturated heterocycles. The SMILES string of the molecule is C.O/N=C(\Cl)c1ccccc1Cl.O/N=C/c1ccccc1Cl.[2H]CF. The average molecular weight is 397 g/mol. The third-order valence-electron chi connectivity index (χ3n) is 2.29. The Kier molecular flexibility index (Phi) is 13.6. The van der Waals surface area contributed by atoms with Crippen LogP contribution in [0.3, 0.4) is 0 Å². The highest BCUT2D eigenvalue weighted by atomic mass is 35.5. The van der Waals surface area contributed by atoms with Gasteiger partial charge in [-0.1, -0.05) is 88.9 Å². The lowest BCUT2D eigenvalue weighted by Crippen LogP contribution is -1.90. The standard InChI is InChI=1S/C7H5Cl2NO.C7H6ClNO.CH3F.CH4/c8-6-4-2-1-3-5(6)7(9)10-11;8-7-4-2-1-3-6(7)5-9-10;1-2;/h1-4,11H;1-5,10H;1H3;1H4/b10-7-;9-5+;;/i;;1D;. The Bertz CT molecular complexity index is 673. The van der Waals surface area contributed by atoms with Crippen molar-refractivity contribution in [1.29, 1.82) is 0 Å². The van der Waals surface area contributed by atoms with Gasteiger partial charge in [0.2, 0.25) is 0 Å². The van der Waals surface area contributed by atoms with Crippen molar-refractivity contribution >= 4 is 46.2 Å². The topological polar surface area (TPSA) is 65.2 Å². The largest absolute Gasteiger partial charge is 0.411 e. The van der Waals surface area contributed by atoms with Crippen LogP contribution in [0.15, 0.2) is 58.8 Å². The molecule has 24 heavy (non-hydrogen) atoms. The molecule has 0 aromatic heterocycles. The van der Waals surface area contributed by atoms with E-state index in [2.05, 4.69) is 10.3 Å². The van der Waals surface area contributed by atoms with Crippen LogP contribution in [0.4, 0.5) is 4.39 Å². The Hall–Kier alpha value is -1.82. The van der Waals surface area contributed by atoms with E-state index in [1.165, 1.54) is 6.21 Å². The molecule has 0 bridgehead atoms. The van der Waals surface area contributed by atoms with E-state index >= 15 is 0 Å². The molecular weight excluding hydrogens is 378 g/mol. The van der Waals surface area contributed by atoms with Crippen molar-refractivity contribution in [3.05, 3.63) is 69.7 Å². The molecule has 0 amide bonds.